The Bertz CT molecular complexity index is 999. The predicted octanol–water partition coefficient (Wildman–Crippen LogP) is 4.63. The fourth-order valence-electron chi connectivity index (χ4n) is 3.53. The minimum atomic E-state index is 0.0552. The number of carbonyl (C=O) groups excluding carboxylic acids is 1. The SMILES string of the molecule is O=C(c1ccc2nc(C3CC3)oc2c1)N1CC=C(c2ccccc2)CC1. The first-order chi connectivity index (χ1) is 12.8. The van der Waals surface area contributed by atoms with Crippen LogP contribution in [0.4, 0.5) is 0 Å². The van der Waals surface area contributed by atoms with E-state index in [0.717, 1.165) is 42.8 Å². The summed E-state index contributed by atoms with van der Waals surface area (Å²) in [6.07, 6.45) is 5.35. The maximum absolute atomic E-state index is 12.9. The third kappa shape index (κ3) is 2.81. The van der Waals surface area contributed by atoms with Gasteiger partial charge in [0.2, 0.25) is 0 Å². The van der Waals surface area contributed by atoms with Crippen molar-refractivity contribution >= 4 is 22.6 Å². The lowest BCUT2D eigenvalue weighted by Crippen LogP contribution is -2.34. The number of hydrogen-bond acceptors (Lipinski definition) is 3. The van der Waals surface area contributed by atoms with Crippen LogP contribution in [0.25, 0.3) is 16.7 Å². The zero-order valence-corrected chi connectivity index (χ0v) is 14.5. The van der Waals surface area contributed by atoms with Crippen molar-refractivity contribution in [1.82, 2.24) is 9.88 Å². The summed E-state index contributed by atoms with van der Waals surface area (Å²) in [6.45, 7) is 1.38. The van der Waals surface area contributed by atoms with Gasteiger partial charge in [-0.1, -0.05) is 36.4 Å². The Morgan fingerprint density at radius 1 is 1.12 bits per heavy atom. The van der Waals surface area contributed by atoms with Crippen molar-refractivity contribution in [3.05, 3.63) is 71.6 Å². The van der Waals surface area contributed by atoms with Gasteiger partial charge < -0.3 is 9.32 Å². The van der Waals surface area contributed by atoms with Gasteiger partial charge >= 0.3 is 0 Å². The van der Waals surface area contributed by atoms with Crippen LogP contribution in [0.5, 0.6) is 0 Å². The average Bonchev–Trinajstić information content (AvgIpc) is 3.47. The van der Waals surface area contributed by atoms with Crippen molar-refractivity contribution in [3.8, 4) is 0 Å². The van der Waals surface area contributed by atoms with Crippen LogP contribution in [-0.4, -0.2) is 28.9 Å². The molecule has 5 rings (SSSR count). The summed E-state index contributed by atoms with van der Waals surface area (Å²) in [7, 11) is 0. The van der Waals surface area contributed by atoms with Crippen molar-refractivity contribution in [3.63, 3.8) is 0 Å². The highest BCUT2D eigenvalue weighted by molar-refractivity contribution is 5.97. The molecule has 3 aromatic rings. The molecular formula is C22H20N2O2. The van der Waals surface area contributed by atoms with E-state index in [9.17, 15) is 4.79 Å². The third-order valence-electron chi connectivity index (χ3n) is 5.22. The van der Waals surface area contributed by atoms with E-state index >= 15 is 0 Å². The first-order valence-corrected chi connectivity index (χ1v) is 9.22. The molecule has 1 aliphatic heterocycles. The van der Waals surface area contributed by atoms with Crippen LogP contribution in [-0.2, 0) is 0 Å². The molecule has 0 spiro atoms. The molecular weight excluding hydrogens is 324 g/mol. The molecule has 2 aromatic carbocycles. The lowest BCUT2D eigenvalue weighted by molar-refractivity contribution is 0.0773. The number of hydrogen-bond donors (Lipinski definition) is 0. The van der Waals surface area contributed by atoms with Gasteiger partial charge in [-0.2, -0.15) is 0 Å². The number of nitrogens with zero attached hydrogens (tertiary/aromatic N) is 2. The quantitative estimate of drug-likeness (QED) is 0.696. The van der Waals surface area contributed by atoms with Crippen LogP contribution >= 0.6 is 0 Å². The normalized spacial score (nSPS) is 17.4. The van der Waals surface area contributed by atoms with Crippen molar-refractivity contribution in [1.29, 1.82) is 0 Å². The molecule has 1 aromatic heterocycles. The molecule has 0 atom stereocenters. The zero-order valence-electron chi connectivity index (χ0n) is 14.5. The van der Waals surface area contributed by atoms with Gasteiger partial charge in [0.15, 0.2) is 11.5 Å². The molecule has 4 nitrogen and oxygen atoms in total. The molecule has 0 N–H and O–H groups in total. The van der Waals surface area contributed by atoms with Crippen molar-refractivity contribution < 1.29 is 9.21 Å². The van der Waals surface area contributed by atoms with E-state index in [1.165, 1.54) is 11.1 Å². The van der Waals surface area contributed by atoms with Crippen LogP contribution in [0.2, 0.25) is 0 Å². The molecule has 2 heterocycles. The van der Waals surface area contributed by atoms with Gasteiger partial charge in [-0.3, -0.25) is 4.79 Å². The molecule has 2 aliphatic rings. The molecule has 130 valence electrons. The number of oxazole rings is 1. The molecule has 0 bridgehead atoms. The Hall–Kier alpha value is -2.88. The largest absolute Gasteiger partial charge is 0.440 e. The molecule has 0 unspecified atom stereocenters. The zero-order chi connectivity index (χ0) is 17.5. The highest BCUT2D eigenvalue weighted by Gasteiger charge is 2.29. The smallest absolute Gasteiger partial charge is 0.254 e. The molecule has 1 amide bonds. The van der Waals surface area contributed by atoms with Crippen LogP contribution in [0, 0.1) is 0 Å². The Kier molecular flexibility index (Phi) is 3.63. The minimum absolute atomic E-state index is 0.0552. The Labute approximate surface area is 152 Å². The van der Waals surface area contributed by atoms with Gasteiger partial charge in [-0.05, 0) is 48.6 Å². The van der Waals surface area contributed by atoms with Gasteiger partial charge in [-0.25, -0.2) is 4.98 Å². The highest BCUT2D eigenvalue weighted by Crippen LogP contribution is 2.40. The van der Waals surface area contributed by atoms with E-state index in [4.69, 9.17) is 4.42 Å². The number of amides is 1. The van der Waals surface area contributed by atoms with E-state index in [1.54, 1.807) is 0 Å². The standard InChI is InChI=1S/C22H20N2O2/c25-22(24-12-10-16(11-13-24)15-4-2-1-3-5-15)18-8-9-19-20(14-18)26-21(23-19)17-6-7-17/h1-5,8-10,14,17H,6-7,11-13H2. The van der Waals surface area contributed by atoms with Gasteiger partial charge in [0.05, 0.1) is 0 Å². The summed E-state index contributed by atoms with van der Waals surface area (Å²) >= 11 is 0. The van der Waals surface area contributed by atoms with E-state index < -0.39 is 0 Å². The average molecular weight is 344 g/mol. The second kappa shape index (κ2) is 6.13. The second-order valence-electron chi connectivity index (χ2n) is 7.11. The van der Waals surface area contributed by atoms with Crippen LogP contribution in [0.1, 0.15) is 47.0 Å². The molecule has 26 heavy (non-hydrogen) atoms. The fourth-order valence-corrected chi connectivity index (χ4v) is 3.53. The van der Waals surface area contributed by atoms with Gasteiger partial charge in [0.1, 0.15) is 5.52 Å². The number of aromatic nitrogens is 1. The molecule has 1 aliphatic carbocycles. The van der Waals surface area contributed by atoms with E-state index in [0.29, 0.717) is 18.0 Å². The second-order valence-corrected chi connectivity index (χ2v) is 7.11. The Balaban J connectivity index is 1.35. The Morgan fingerprint density at radius 2 is 1.96 bits per heavy atom. The molecule has 1 fully saturated rings. The lowest BCUT2D eigenvalue weighted by atomic mass is 9.99. The van der Waals surface area contributed by atoms with Crippen molar-refractivity contribution in [2.75, 3.05) is 13.1 Å². The highest BCUT2D eigenvalue weighted by atomic mass is 16.3. The summed E-state index contributed by atoms with van der Waals surface area (Å²) < 4.78 is 5.85. The lowest BCUT2D eigenvalue weighted by Gasteiger charge is -2.26. The number of benzene rings is 2. The third-order valence-corrected chi connectivity index (χ3v) is 5.22. The van der Waals surface area contributed by atoms with Gasteiger partial charge in [0.25, 0.3) is 5.91 Å². The van der Waals surface area contributed by atoms with Crippen molar-refractivity contribution in [2.45, 2.75) is 25.2 Å². The summed E-state index contributed by atoms with van der Waals surface area (Å²) in [5, 5.41) is 0. The fraction of sp³-hybridized carbons (Fsp3) is 0.273. The van der Waals surface area contributed by atoms with Crippen molar-refractivity contribution in [2.24, 2.45) is 0 Å². The monoisotopic (exact) mass is 344 g/mol. The molecule has 4 heteroatoms. The summed E-state index contributed by atoms with van der Waals surface area (Å²) in [5.74, 6) is 1.35. The van der Waals surface area contributed by atoms with Crippen LogP contribution in [0.3, 0.4) is 0 Å². The molecule has 0 radical (unpaired) electrons. The maximum atomic E-state index is 12.9. The van der Waals surface area contributed by atoms with E-state index in [-0.39, 0.29) is 5.91 Å². The number of rotatable bonds is 3. The Morgan fingerprint density at radius 3 is 2.69 bits per heavy atom. The summed E-state index contributed by atoms with van der Waals surface area (Å²) in [5.41, 5.74) is 4.79. The molecule has 0 saturated heterocycles. The van der Waals surface area contributed by atoms with Crippen LogP contribution < -0.4 is 0 Å². The topological polar surface area (TPSA) is 46.3 Å². The number of carbonyl (C=O) groups is 1. The number of fused-ring (bicyclic) bond motifs is 1. The maximum Gasteiger partial charge on any atom is 0.254 e. The first-order valence-electron chi connectivity index (χ1n) is 9.22. The molecule has 1 saturated carbocycles. The first kappa shape index (κ1) is 15.4. The van der Waals surface area contributed by atoms with Gasteiger partial charge in [-0.15, -0.1) is 0 Å². The van der Waals surface area contributed by atoms with E-state index in [2.05, 4.69) is 35.3 Å². The van der Waals surface area contributed by atoms with Gasteiger partial charge in [0, 0.05) is 24.6 Å². The predicted molar refractivity (Wildman–Crippen MR) is 101 cm³/mol. The summed E-state index contributed by atoms with van der Waals surface area (Å²) in [4.78, 5) is 19.3. The van der Waals surface area contributed by atoms with Crippen LogP contribution in [0.15, 0.2) is 59.0 Å². The van der Waals surface area contributed by atoms with E-state index in [1.807, 2.05) is 29.2 Å². The minimum Gasteiger partial charge on any atom is -0.440 e. The summed E-state index contributed by atoms with van der Waals surface area (Å²) in [6, 6.07) is 16.0.